The zero-order chi connectivity index (χ0) is 17.6. The van der Waals surface area contributed by atoms with Gasteiger partial charge in [-0.05, 0) is 49.7 Å². The molecule has 0 fully saturated rings. The SMILES string of the molecule is CCn1ccnc1CNc1ccc(C(=O)NCc2ccco2)cc1C. The largest absolute Gasteiger partial charge is 0.467 e. The lowest BCUT2D eigenvalue weighted by atomic mass is 10.1. The van der Waals surface area contributed by atoms with Crippen molar-refractivity contribution in [3.05, 3.63) is 71.7 Å². The number of hydrogen-bond donors (Lipinski definition) is 2. The van der Waals surface area contributed by atoms with E-state index in [1.165, 1.54) is 0 Å². The second kappa shape index (κ2) is 7.70. The summed E-state index contributed by atoms with van der Waals surface area (Å²) in [6.07, 6.45) is 5.37. The second-order valence-electron chi connectivity index (χ2n) is 5.77. The van der Waals surface area contributed by atoms with E-state index in [0.717, 1.165) is 29.4 Å². The van der Waals surface area contributed by atoms with Crippen LogP contribution in [0.1, 0.15) is 34.4 Å². The fourth-order valence-corrected chi connectivity index (χ4v) is 2.66. The first-order valence-electron chi connectivity index (χ1n) is 8.32. The summed E-state index contributed by atoms with van der Waals surface area (Å²) in [7, 11) is 0. The van der Waals surface area contributed by atoms with Crippen LogP contribution in [0.4, 0.5) is 5.69 Å². The maximum absolute atomic E-state index is 12.2. The molecular weight excluding hydrogens is 316 g/mol. The molecule has 0 spiro atoms. The highest BCUT2D eigenvalue weighted by atomic mass is 16.3. The highest BCUT2D eigenvalue weighted by Crippen LogP contribution is 2.17. The number of benzene rings is 1. The van der Waals surface area contributed by atoms with Gasteiger partial charge in [0, 0.05) is 30.2 Å². The number of carbonyl (C=O) groups is 1. The van der Waals surface area contributed by atoms with Crippen LogP contribution in [0.15, 0.2) is 53.4 Å². The maximum Gasteiger partial charge on any atom is 0.251 e. The number of hydrogen-bond acceptors (Lipinski definition) is 4. The third-order valence-corrected chi connectivity index (χ3v) is 4.07. The van der Waals surface area contributed by atoms with Crippen LogP contribution < -0.4 is 10.6 Å². The van der Waals surface area contributed by atoms with Gasteiger partial charge in [-0.1, -0.05) is 0 Å². The molecule has 2 N–H and O–H groups in total. The van der Waals surface area contributed by atoms with Crippen LogP contribution in [-0.4, -0.2) is 15.5 Å². The molecule has 3 aromatic rings. The Morgan fingerprint density at radius 2 is 2.16 bits per heavy atom. The van der Waals surface area contributed by atoms with Gasteiger partial charge in [-0.2, -0.15) is 0 Å². The molecule has 0 saturated heterocycles. The summed E-state index contributed by atoms with van der Waals surface area (Å²) in [5, 5.41) is 6.23. The zero-order valence-electron chi connectivity index (χ0n) is 14.5. The van der Waals surface area contributed by atoms with Crippen LogP contribution in [0, 0.1) is 6.92 Å². The van der Waals surface area contributed by atoms with Gasteiger partial charge < -0.3 is 19.6 Å². The quantitative estimate of drug-likeness (QED) is 0.693. The second-order valence-corrected chi connectivity index (χ2v) is 5.77. The molecule has 1 amide bonds. The number of anilines is 1. The number of nitrogens with zero attached hydrogens (tertiary/aromatic N) is 2. The van der Waals surface area contributed by atoms with Gasteiger partial charge in [-0.25, -0.2) is 4.98 Å². The van der Waals surface area contributed by atoms with Gasteiger partial charge in [0.05, 0.1) is 19.4 Å². The number of nitrogens with one attached hydrogen (secondary N) is 2. The number of imidazole rings is 1. The molecule has 0 saturated carbocycles. The van der Waals surface area contributed by atoms with Crippen molar-refractivity contribution in [3.63, 3.8) is 0 Å². The van der Waals surface area contributed by atoms with Gasteiger partial charge >= 0.3 is 0 Å². The van der Waals surface area contributed by atoms with Crippen molar-refractivity contribution in [2.24, 2.45) is 0 Å². The molecule has 130 valence electrons. The molecule has 1 aromatic carbocycles. The minimum absolute atomic E-state index is 0.118. The summed E-state index contributed by atoms with van der Waals surface area (Å²) in [6, 6.07) is 9.26. The van der Waals surface area contributed by atoms with E-state index in [1.54, 1.807) is 18.5 Å². The summed E-state index contributed by atoms with van der Waals surface area (Å²) in [6.45, 7) is 5.99. The van der Waals surface area contributed by atoms with Crippen LogP contribution in [0.5, 0.6) is 0 Å². The molecule has 6 heteroatoms. The van der Waals surface area contributed by atoms with E-state index in [1.807, 2.05) is 37.4 Å². The lowest BCUT2D eigenvalue weighted by Crippen LogP contribution is -2.22. The molecule has 2 aromatic heterocycles. The third kappa shape index (κ3) is 4.09. The fourth-order valence-electron chi connectivity index (χ4n) is 2.66. The minimum Gasteiger partial charge on any atom is -0.467 e. The van der Waals surface area contributed by atoms with Gasteiger partial charge in [0.15, 0.2) is 0 Å². The van der Waals surface area contributed by atoms with Crippen LogP contribution in [-0.2, 0) is 19.6 Å². The summed E-state index contributed by atoms with van der Waals surface area (Å²) in [4.78, 5) is 16.6. The summed E-state index contributed by atoms with van der Waals surface area (Å²) in [5.74, 6) is 1.60. The third-order valence-electron chi connectivity index (χ3n) is 4.07. The van der Waals surface area contributed by atoms with E-state index in [-0.39, 0.29) is 5.91 Å². The standard InChI is InChI=1S/C19H22N4O2/c1-3-23-9-8-20-18(23)13-21-17-7-6-15(11-14(17)2)19(24)22-12-16-5-4-10-25-16/h4-11,21H,3,12-13H2,1-2H3,(H,22,24). The van der Waals surface area contributed by atoms with Crippen LogP contribution in [0.3, 0.4) is 0 Å². The van der Waals surface area contributed by atoms with E-state index < -0.39 is 0 Å². The van der Waals surface area contributed by atoms with E-state index in [2.05, 4.69) is 27.1 Å². The Kier molecular flexibility index (Phi) is 5.18. The number of furan rings is 1. The number of rotatable bonds is 7. The number of amides is 1. The van der Waals surface area contributed by atoms with Crippen molar-refractivity contribution >= 4 is 11.6 Å². The average Bonchev–Trinajstić information content (AvgIpc) is 3.29. The van der Waals surface area contributed by atoms with Gasteiger partial charge in [0.25, 0.3) is 5.91 Å². The molecule has 0 atom stereocenters. The van der Waals surface area contributed by atoms with Crippen molar-refractivity contribution in [3.8, 4) is 0 Å². The van der Waals surface area contributed by atoms with Crippen LogP contribution in [0.25, 0.3) is 0 Å². The summed E-state index contributed by atoms with van der Waals surface area (Å²) >= 11 is 0. The Morgan fingerprint density at radius 1 is 1.28 bits per heavy atom. The highest BCUT2D eigenvalue weighted by molar-refractivity contribution is 5.94. The molecule has 2 heterocycles. The first-order valence-corrected chi connectivity index (χ1v) is 8.32. The lowest BCUT2D eigenvalue weighted by molar-refractivity contribution is 0.0948. The lowest BCUT2D eigenvalue weighted by Gasteiger charge is -2.12. The van der Waals surface area contributed by atoms with E-state index in [0.29, 0.717) is 18.7 Å². The fraction of sp³-hybridized carbons (Fsp3) is 0.263. The van der Waals surface area contributed by atoms with Crippen LogP contribution in [0.2, 0.25) is 0 Å². The Labute approximate surface area is 146 Å². The summed E-state index contributed by atoms with van der Waals surface area (Å²) < 4.78 is 7.31. The molecule has 0 radical (unpaired) electrons. The number of carbonyl (C=O) groups excluding carboxylic acids is 1. The van der Waals surface area contributed by atoms with Crippen molar-refractivity contribution in [1.82, 2.24) is 14.9 Å². The van der Waals surface area contributed by atoms with Gasteiger partial charge in [0.2, 0.25) is 0 Å². The van der Waals surface area contributed by atoms with Gasteiger partial charge in [0.1, 0.15) is 11.6 Å². The van der Waals surface area contributed by atoms with E-state index in [4.69, 9.17) is 4.42 Å². The molecule has 0 bridgehead atoms. The zero-order valence-corrected chi connectivity index (χ0v) is 14.5. The first kappa shape index (κ1) is 16.8. The molecular formula is C19H22N4O2. The minimum atomic E-state index is -0.118. The Hall–Kier alpha value is -3.02. The topological polar surface area (TPSA) is 72.1 Å². The van der Waals surface area contributed by atoms with E-state index >= 15 is 0 Å². The summed E-state index contributed by atoms with van der Waals surface area (Å²) in [5.41, 5.74) is 2.64. The van der Waals surface area contributed by atoms with Gasteiger partial charge in [-0.3, -0.25) is 4.79 Å². The Morgan fingerprint density at radius 3 is 2.88 bits per heavy atom. The average molecular weight is 338 g/mol. The molecule has 0 aliphatic rings. The molecule has 6 nitrogen and oxygen atoms in total. The van der Waals surface area contributed by atoms with Crippen molar-refractivity contribution in [2.45, 2.75) is 33.5 Å². The normalized spacial score (nSPS) is 10.6. The molecule has 0 unspecified atom stereocenters. The molecule has 3 rings (SSSR count). The Bertz CT molecular complexity index is 837. The number of aryl methyl sites for hydroxylation is 2. The monoisotopic (exact) mass is 338 g/mol. The number of aromatic nitrogens is 2. The van der Waals surface area contributed by atoms with E-state index in [9.17, 15) is 4.79 Å². The highest BCUT2D eigenvalue weighted by Gasteiger charge is 2.09. The molecule has 0 aliphatic heterocycles. The Balaban J connectivity index is 1.61. The predicted molar refractivity (Wildman–Crippen MR) is 96.3 cm³/mol. The predicted octanol–water partition coefficient (Wildman–Crippen LogP) is 3.35. The van der Waals surface area contributed by atoms with Crippen molar-refractivity contribution < 1.29 is 9.21 Å². The molecule has 25 heavy (non-hydrogen) atoms. The molecule has 0 aliphatic carbocycles. The van der Waals surface area contributed by atoms with Crippen LogP contribution >= 0.6 is 0 Å². The first-order chi connectivity index (χ1) is 12.2. The van der Waals surface area contributed by atoms with Gasteiger partial charge in [-0.15, -0.1) is 0 Å². The maximum atomic E-state index is 12.2. The smallest absolute Gasteiger partial charge is 0.251 e. The van der Waals surface area contributed by atoms with Crippen molar-refractivity contribution in [1.29, 1.82) is 0 Å². The van der Waals surface area contributed by atoms with Crippen molar-refractivity contribution in [2.75, 3.05) is 5.32 Å².